The third-order valence-corrected chi connectivity index (χ3v) is 4.56. The van der Waals surface area contributed by atoms with E-state index in [2.05, 4.69) is 34.7 Å². The number of aryl methyl sites for hydroxylation is 3. The maximum Gasteiger partial charge on any atom is 0.239 e. The van der Waals surface area contributed by atoms with Crippen LogP contribution >= 0.6 is 0 Å². The summed E-state index contributed by atoms with van der Waals surface area (Å²) >= 11 is 0. The molecule has 136 valence electrons. The number of carbonyl (C=O) groups is 2. The third kappa shape index (κ3) is 4.39. The molecule has 1 atom stereocenters. The van der Waals surface area contributed by atoms with Crippen LogP contribution in [0.3, 0.4) is 0 Å². The van der Waals surface area contributed by atoms with Crippen LogP contribution in [0.4, 0.5) is 0 Å². The van der Waals surface area contributed by atoms with E-state index in [0.717, 1.165) is 22.3 Å². The van der Waals surface area contributed by atoms with Gasteiger partial charge in [-0.2, -0.15) is 0 Å². The highest BCUT2D eigenvalue weighted by Gasteiger charge is 2.17. The third-order valence-electron chi connectivity index (χ3n) is 4.56. The molecule has 1 heterocycles. The van der Waals surface area contributed by atoms with Gasteiger partial charge < -0.3 is 21.4 Å². The Morgan fingerprint density at radius 2 is 1.84 bits per heavy atom. The molecular weight excluding hydrogens is 316 g/mol. The average Bonchev–Trinajstić information content (AvgIpc) is 2.84. The lowest BCUT2D eigenvalue weighted by Gasteiger charge is -2.15. The molecule has 0 saturated heterocycles. The van der Waals surface area contributed by atoms with Gasteiger partial charge in [-0.1, -0.05) is 25.5 Å². The molecule has 0 fully saturated rings. The van der Waals surface area contributed by atoms with E-state index in [4.69, 9.17) is 5.73 Å². The van der Waals surface area contributed by atoms with Gasteiger partial charge in [0.05, 0.1) is 18.1 Å². The fraction of sp³-hybridized carbons (Fsp3) is 0.474. The number of hydrogen-bond donors (Lipinski definition) is 4. The Morgan fingerprint density at radius 3 is 2.48 bits per heavy atom. The van der Waals surface area contributed by atoms with E-state index in [1.807, 2.05) is 27.7 Å². The van der Waals surface area contributed by atoms with Crippen molar-refractivity contribution in [2.75, 3.05) is 6.54 Å². The maximum atomic E-state index is 12.0. The van der Waals surface area contributed by atoms with Crippen molar-refractivity contribution in [1.29, 1.82) is 0 Å². The van der Waals surface area contributed by atoms with Crippen LogP contribution in [0.25, 0.3) is 10.9 Å². The first-order valence-corrected chi connectivity index (χ1v) is 8.59. The largest absolute Gasteiger partial charge is 0.358 e. The second-order valence-corrected chi connectivity index (χ2v) is 6.99. The Morgan fingerprint density at radius 1 is 1.16 bits per heavy atom. The molecular formula is C19H28N4O2. The summed E-state index contributed by atoms with van der Waals surface area (Å²) in [4.78, 5) is 27.2. The van der Waals surface area contributed by atoms with E-state index in [9.17, 15) is 9.59 Å². The first kappa shape index (κ1) is 19.0. The van der Waals surface area contributed by atoms with Crippen LogP contribution in [0.15, 0.2) is 12.1 Å². The first-order valence-electron chi connectivity index (χ1n) is 8.59. The zero-order valence-electron chi connectivity index (χ0n) is 15.6. The van der Waals surface area contributed by atoms with Crippen molar-refractivity contribution in [3.8, 4) is 0 Å². The Balaban J connectivity index is 1.99. The Labute approximate surface area is 148 Å². The molecule has 2 aromatic rings. The van der Waals surface area contributed by atoms with Gasteiger partial charge in [0.15, 0.2) is 0 Å². The van der Waals surface area contributed by atoms with Gasteiger partial charge >= 0.3 is 0 Å². The van der Waals surface area contributed by atoms with Gasteiger partial charge in [-0.25, -0.2) is 0 Å². The Hall–Kier alpha value is -2.34. The van der Waals surface area contributed by atoms with Crippen LogP contribution in [0.5, 0.6) is 0 Å². The molecule has 0 saturated carbocycles. The molecule has 1 aromatic carbocycles. The Kier molecular flexibility index (Phi) is 5.85. The normalized spacial score (nSPS) is 12.4. The van der Waals surface area contributed by atoms with Gasteiger partial charge in [0.2, 0.25) is 11.8 Å². The Bertz CT molecular complexity index is 792. The number of benzene rings is 1. The van der Waals surface area contributed by atoms with E-state index in [1.165, 1.54) is 10.9 Å². The number of rotatable bonds is 6. The summed E-state index contributed by atoms with van der Waals surface area (Å²) < 4.78 is 0. The van der Waals surface area contributed by atoms with Crippen LogP contribution in [0, 0.1) is 26.7 Å². The van der Waals surface area contributed by atoms with Gasteiger partial charge in [0, 0.05) is 17.6 Å². The summed E-state index contributed by atoms with van der Waals surface area (Å²) in [6.07, 6.45) is 0. The van der Waals surface area contributed by atoms with Gasteiger partial charge in [0.25, 0.3) is 0 Å². The number of carbonyl (C=O) groups excluding carboxylic acids is 2. The molecule has 0 radical (unpaired) electrons. The monoisotopic (exact) mass is 344 g/mol. The lowest BCUT2D eigenvalue weighted by molar-refractivity contribution is -0.127. The van der Waals surface area contributed by atoms with Gasteiger partial charge in [-0.15, -0.1) is 0 Å². The summed E-state index contributed by atoms with van der Waals surface area (Å²) in [6, 6.07) is 3.60. The van der Waals surface area contributed by atoms with Gasteiger partial charge in [0.1, 0.15) is 0 Å². The van der Waals surface area contributed by atoms with Gasteiger partial charge in [-0.05, 0) is 43.9 Å². The number of aromatic amines is 1. The molecule has 25 heavy (non-hydrogen) atoms. The molecule has 2 amide bonds. The van der Waals surface area contributed by atoms with E-state index >= 15 is 0 Å². The molecule has 0 spiro atoms. The predicted molar refractivity (Wildman–Crippen MR) is 100 cm³/mol. The van der Waals surface area contributed by atoms with Crippen LogP contribution in [-0.4, -0.2) is 29.4 Å². The topological polar surface area (TPSA) is 100 Å². The maximum absolute atomic E-state index is 12.0. The SMILES string of the molecule is Cc1cc(CNC(=O)CNC(=O)[C@@H](N)C(C)C)c2[nH]c(C)c(C)c2c1. The zero-order chi connectivity index (χ0) is 18.7. The average molecular weight is 344 g/mol. The second-order valence-electron chi connectivity index (χ2n) is 6.99. The lowest BCUT2D eigenvalue weighted by atomic mass is 10.0. The summed E-state index contributed by atoms with van der Waals surface area (Å²) in [5.41, 5.74) is 11.3. The number of aromatic nitrogens is 1. The quantitative estimate of drug-likeness (QED) is 0.643. The number of hydrogen-bond acceptors (Lipinski definition) is 3. The summed E-state index contributed by atoms with van der Waals surface area (Å²) in [6.45, 7) is 10.2. The van der Waals surface area contributed by atoms with Crippen molar-refractivity contribution < 1.29 is 9.59 Å². The van der Waals surface area contributed by atoms with Crippen molar-refractivity contribution in [3.05, 3.63) is 34.5 Å². The lowest BCUT2D eigenvalue weighted by Crippen LogP contribution is -2.47. The van der Waals surface area contributed by atoms with Crippen molar-refractivity contribution in [3.63, 3.8) is 0 Å². The zero-order valence-corrected chi connectivity index (χ0v) is 15.6. The van der Waals surface area contributed by atoms with Crippen LogP contribution in [0.2, 0.25) is 0 Å². The fourth-order valence-corrected chi connectivity index (χ4v) is 2.77. The number of nitrogens with two attached hydrogens (primary N) is 1. The minimum atomic E-state index is -0.603. The molecule has 0 aliphatic rings. The fourth-order valence-electron chi connectivity index (χ4n) is 2.77. The molecule has 0 aliphatic heterocycles. The van der Waals surface area contributed by atoms with E-state index in [1.54, 1.807) is 0 Å². The van der Waals surface area contributed by atoms with Crippen LogP contribution in [-0.2, 0) is 16.1 Å². The molecule has 2 rings (SSSR count). The molecule has 6 heteroatoms. The highest BCUT2D eigenvalue weighted by molar-refractivity contribution is 5.89. The number of fused-ring (bicyclic) bond motifs is 1. The molecule has 5 N–H and O–H groups in total. The van der Waals surface area contributed by atoms with Gasteiger partial charge in [-0.3, -0.25) is 9.59 Å². The summed E-state index contributed by atoms with van der Waals surface area (Å²) in [7, 11) is 0. The summed E-state index contributed by atoms with van der Waals surface area (Å²) in [5, 5.41) is 6.61. The second kappa shape index (κ2) is 7.70. The van der Waals surface area contributed by atoms with E-state index < -0.39 is 6.04 Å². The minimum absolute atomic E-state index is 0.0306. The minimum Gasteiger partial charge on any atom is -0.358 e. The molecule has 0 bridgehead atoms. The highest BCUT2D eigenvalue weighted by atomic mass is 16.2. The predicted octanol–water partition coefficient (Wildman–Crippen LogP) is 1.81. The van der Waals surface area contributed by atoms with Crippen LogP contribution in [0.1, 0.15) is 36.2 Å². The molecule has 6 nitrogen and oxygen atoms in total. The smallest absolute Gasteiger partial charge is 0.239 e. The van der Waals surface area contributed by atoms with E-state index in [-0.39, 0.29) is 24.3 Å². The summed E-state index contributed by atoms with van der Waals surface area (Å²) in [5.74, 6) is -0.513. The molecule has 0 aliphatic carbocycles. The molecule has 0 unspecified atom stereocenters. The van der Waals surface area contributed by atoms with Crippen molar-refractivity contribution >= 4 is 22.7 Å². The van der Waals surface area contributed by atoms with Crippen LogP contribution < -0.4 is 16.4 Å². The van der Waals surface area contributed by atoms with E-state index in [0.29, 0.717) is 6.54 Å². The number of nitrogens with one attached hydrogen (secondary N) is 3. The van der Waals surface area contributed by atoms with Crippen molar-refractivity contribution in [2.24, 2.45) is 11.7 Å². The number of H-pyrrole nitrogens is 1. The molecule has 1 aromatic heterocycles. The van der Waals surface area contributed by atoms with Crippen molar-refractivity contribution in [1.82, 2.24) is 15.6 Å². The standard InChI is InChI=1S/C19H28N4O2/c1-10(2)17(20)19(25)22-9-16(24)21-8-14-6-11(3)7-15-12(4)13(5)23-18(14)15/h6-7,10,17,23H,8-9,20H2,1-5H3,(H,21,24)(H,22,25)/t17-/m0/s1. The van der Waals surface area contributed by atoms with Crippen molar-refractivity contribution in [2.45, 2.75) is 47.2 Å². The first-order chi connectivity index (χ1) is 11.7. The number of amides is 2. The highest BCUT2D eigenvalue weighted by Crippen LogP contribution is 2.25.